The molecule has 3 heterocycles. The van der Waals surface area contributed by atoms with E-state index in [0.29, 0.717) is 13.1 Å². The van der Waals surface area contributed by atoms with Crippen LogP contribution in [0, 0.1) is 0 Å². The summed E-state index contributed by atoms with van der Waals surface area (Å²) < 4.78 is 18.6. The number of likely N-dealkylation sites (tertiary alicyclic amines) is 1. The van der Waals surface area contributed by atoms with Crippen molar-refractivity contribution in [1.82, 2.24) is 4.90 Å². The van der Waals surface area contributed by atoms with Crippen LogP contribution < -0.4 is 10.2 Å². The summed E-state index contributed by atoms with van der Waals surface area (Å²) in [5.74, 6) is 0.897. The first-order valence-corrected chi connectivity index (χ1v) is 9.26. The van der Waals surface area contributed by atoms with E-state index in [9.17, 15) is 4.79 Å². The lowest BCUT2D eigenvalue weighted by atomic mass is 9.77. The van der Waals surface area contributed by atoms with Gasteiger partial charge in [-0.15, -0.1) is 0 Å². The maximum absolute atomic E-state index is 11.1. The normalized spacial score (nSPS) is 25.2. The maximum atomic E-state index is 11.1. The summed E-state index contributed by atoms with van der Waals surface area (Å²) in [4.78, 5) is 12.6. The molecule has 0 bridgehead atoms. The minimum absolute atomic E-state index is 0.275. The summed E-state index contributed by atoms with van der Waals surface area (Å²) in [5, 5.41) is 9.14. The fourth-order valence-corrected chi connectivity index (χ4v) is 3.96. The van der Waals surface area contributed by atoms with Crippen LogP contribution in [0.1, 0.15) is 46.1 Å². The van der Waals surface area contributed by atoms with E-state index in [1.165, 1.54) is 4.90 Å². The van der Waals surface area contributed by atoms with Gasteiger partial charge in [0.05, 0.1) is 11.2 Å². The van der Waals surface area contributed by atoms with Crippen LogP contribution >= 0.6 is 0 Å². The smallest absolute Gasteiger partial charge is 0.487 e. The Morgan fingerprint density at radius 3 is 2.31 bits per heavy atom. The highest BCUT2D eigenvalue weighted by Crippen LogP contribution is 2.41. The molecule has 0 radical (unpaired) electrons. The second kappa shape index (κ2) is 5.63. The molecular formula is C19H26BNO5. The molecule has 3 aliphatic rings. The summed E-state index contributed by atoms with van der Waals surface area (Å²) in [7, 11) is -0.379. The third kappa shape index (κ3) is 2.78. The number of nitrogens with zero attached hydrogens (tertiary/aromatic N) is 1. The molecule has 2 saturated heterocycles. The Kier molecular flexibility index (Phi) is 3.83. The van der Waals surface area contributed by atoms with E-state index in [1.807, 2.05) is 12.1 Å². The molecule has 2 fully saturated rings. The summed E-state index contributed by atoms with van der Waals surface area (Å²) in [5.41, 5.74) is 1.16. The number of carbonyl (C=O) groups is 1. The average Bonchev–Trinajstić information content (AvgIpc) is 3.00. The van der Waals surface area contributed by atoms with Gasteiger partial charge in [-0.2, -0.15) is 0 Å². The predicted octanol–water partition coefficient (Wildman–Crippen LogP) is 2.43. The molecule has 0 aromatic heterocycles. The first kappa shape index (κ1) is 17.7. The van der Waals surface area contributed by atoms with Gasteiger partial charge in [0, 0.05) is 32.4 Å². The second-order valence-electron chi connectivity index (χ2n) is 8.69. The summed E-state index contributed by atoms with van der Waals surface area (Å²) in [6, 6.07) is 6.12. The molecule has 1 amide bonds. The number of hydrogen-bond acceptors (Lipinski definition) is 4. The van der Waals surface area contributed by atoms with E-state index < -0.39 is 6.09 Å². The van der Waals surface area contributed by atoms with Crippen LogP contribution in [0.2, 0.25) is 0 Å². The van der Waals surface area contributed by atoms with Gasteiger partial charge >= 0.3 is 13.2 Å². The number of amides is 1. The number of carboxylic acid groups (broad SMARTS) is 1. The van der Waals surface area contributed by atoms with E-state index in [1.54, 1.807) is 0 Å². The molecule has 0 aliphatic carbocycles. The Balaban J connectivity index is 1.51. The molecule has 1 aromatic carbocycles. The van der Waals surface area contributed by atoms with E-state index in [0.717, 1.165) is 36.0 Å². The molecule has 26 heavy (non-hydrogen) atoms. The van der Waals surface area contributed by atoms with Crippen LogP contribution in [0.4, 0.5) is 4.79 Å². The van der Waals surface area contributed by atoms with Crippen molar-refractivity contribution in [2.45, 2.75) is 63.8 Å². The lowest BCUT2D eigenvalue weighted by molar-refractivity contribution is 0.00578. The van der Waals surface area contributed by atoms with Gasteiger partial charge in [-0.3, -0.25) is 0 Å². The highest BCUT2D eigenvalue weighted by atomic mass is 16.7. The number of hydrogen-bond donors (Lipinski definition) is 1. The van der Waals surface area contributed by atoms with Gasteiger partial charge in [0.1, 0.15) is 11.4 Å². The summed E-state index contributed by atoms with van der Waals surface area (Å²) >= 11 is 0. The zero-order valence-electron chi connectivity index (χ0n) is 15.9. The van der Waals surface area contributed by atoms with Crippen molar-refractivity contribution < 1.29 is 23.9 Å². The standard InChI is InChI=1S/C19H26BNO5/c1-17(2)18(3,4)26-20(25-17)14-5-6-15-13(11-14)12-19(24-15)7-9-21(10-8-19)16(22)23/h5-6,11H,7-10,12H2,1-4H3,(H,22,23). The monoisotopic (exact) mass is 359 g/mol. The van der Waals surface area contributed by atoms with Crippen LogP contribution in [-0.4, -0.2) is 53.1 Å². The van der Waals surface area contributed by atoms with Crippen LogP contribution in [0.25, 0.3) is 0 Å². The fraction of sp³-hybridized carbons (Fsp3) is 0.632. The fourth-order valence-electron chi connectivity index (χ4n) is 3.96. The van der Waals surface area contributed by atoms with Crippen molar-refractivity contribution in [3.8, 4) is 5.75 Å². The van der Waals surface area contributed by atoms with E-state index in [2.05, 4.69) is 33.8 Å². The van der Waals surface area contributed by atoms with Crippen molar-refractivity contribution in [3.05, 3.63) is 23.8 Å². The van der Waals surface area contributed by atoms with Crippen molar-refractivity contribution in [1.29, 1.82) is 0 Å². The molecule has 0 unspecified atom stereocenters. The number of benzene rings is 1. The minimum atomic E-state index is -0.849. The van der Waals surface area contributed by atoms with Gasteiger partial charge in [-0.05, 0) is 44.8 Å². The number of fused-ring (bicyclic) bond motifs is 1. The molecule has 0 atom stereocenters. The van der Waals surface area contributed by atoms with Gasteiger partial charge in [-0.25, -0.2) is 4.79 Å². The molecule has 7 heteroatoms. The Bertz CT molecular complexity index is 723. The Labute approximate surface area is 154 Å². The van der Waals surface area contributed by atoms with Gasteiger partial charge in [0.15, 0.2) is 0 Å². The zero-order valence-corrected chi connectivity index (χ0v) is 15.9. The van der Waals surface area contributed by atoms with Gasteiger partial charge < -0.3 is 24.1 Å². The third-order valence-electron chi connectivity index (χ3n) is 6.39. The minimum Gasteiger partial charge on any atom is -0.487 e. The molecule has 140 valence electrons. The Hall–Kier alpha value is -1.73. The summed E-state index contributed by atoms with van der Waals surface area (Å²) in [6.07, 6.45) is 1.40. The molecular weight excluding hydrogens is 333 g/mol. The molecule has 1 aromatic rings. The maximum Gasteiger partial charge on any atom is 0.494 e. The van der Waals surface area contributed by atoms with Gasteiger partial charge in [0.2, 0.25) is 0 Å². The van der Waals surface area contributed by atoms with Crippen molar-refractivity contribution in [2.24, 2.45) is 0 Å². The number of ether oxygens (including phenoxy) is 1. The van der Waals surface area contributed by atoms with Crippen molar-refractivity contribution in [3.63, 3.8) is 0 Å². The van der Waals surface area contributed by atoms with Crippen molar-refractivity contribution >= 4 is 18.7 Å². The highest BCUT2D eigenvalue weighted by Gasteiger charge is 2.52. The van der Waals surface area contributed by atoms with Crippen LogP contribution in [0.15, 0.2) is 18.2 Å². The van der Waals surface area contributed by atoms with E-state index >= 15 is 0 Å². The SMILES string of the molecule is CC1(C)OB(c2ccc3c(c2)CC2(CCN(C(=O)O)CC2)O3)OC1(C)C. The molecule has 0 saturated carbocycles. The van der Waals surface area contributed by atoms with Crippen LogP contribution in [0.5, 0.6) is 5.75 Å². The largest absolute Gasteiger partial charge is 0.494 e. The Morgan fingerprint density at radius 2 is 1.73 bits per heavy atom. The predicted molar refractivity (Wildman–Crippen MR) is 98.1 cm³/mol. The second-order valence-corrected chi connectivity index (χ2v) is 8.69. The lowest BCUT2D eigenvalue weighted by Crippen LogP contribution is -2.48. The highest BCUT2D eigenvalue weighted by molar-refractivity contribution is 6.62. The van der Waals surface area contributed by atoms with Gasteiger partial charge in [-0.1, -0.05) is 12.1 Å². The first-order valence-electron chi connectivity index (χ1n) is 9.26. The molecule has 1 N–H and O–H groups in total. The molecule has 3 aliphatic heterocycles. The molecule has 6 nitrogen and oxygen atoms in total. The number of rotatable bonds is 1. The van der Waals surface area contributed by atoms with Gasteiger partial charge in [0.25, 0.3) is 0 Å². The van der Waals surface area contributed by atoms with E-state index in [4.69, 9.17) is 19.2 Å². The van der Waals surface area contributed by atoms with Crippen LogP contribution in [-0.2, 0) is 15.7 Å². The lowest BCUT2D eigenvalue weighted by Gasteiger charge is -2.37. The third-order valence-corrected chi connectivity index (χ3v) is 6.39. The van der Waals surface area contributed by atoms with E-state index in [-0.39, 0.29) is 23.9 Å². The quantitative estimate of drug-likeness (QED) is 0.780. The zero-order chi connectivity index (χ0) is 18.7. The van der Waals surface area contributed by atoms with Crippen LogP contribution in [0.3, 0.4) is 0 Å². The Morgan fingerprint density at radius 1 is 1.12 bits per heavy atom. The molecule has 1 spiro atoms. The number of piperidine rings is 1. The molecule has 4 rings (SSSR count). The average molecular weight is 359 g/mol. The van der Waals surface area contributed by atoms with Crippen molar-refractivity contribution in [2.75, 3.05) is 13.1 Å². The topological polar surface area (TPSA) is 68.2 Å². The first-order chi connectivity index (χ1) is 12.1. The summed E-state index contributed by atoms with van der Waals surface area (Å²) in [6.45, 7) is 9.24.